The molecule has 9 heteroatoms. The van der Waals surface area contributed by atoms with Crippen LogP contribution in [0.3, 0.4) is 0 Å². The maximum absolute atomic E-state index is 14.9. The van der Waals surface area contributed by atoms with Gasteiger partial charge in [0.2, 0.25) is 0 Å². The van der Waals surface area contributed by atoms with E-state index in [1.165, 1.54) is 11.0 Å². The van der Waals surface area contributed by atoms with Gasteiger partial charge in [-0.25, -0.2) is 9.18 Å². The van der Waals surface area contributed by atoms with E-state index < -0.39 is 17.4 Å². The summed E-state index contributed by atoms with van der Waals surface area (Å²) in [7, 11) is 0. The summed E-state index contributed by atoms with van der Waals surface area (Å²) in [6.07, 6.45) is 0.00526. The molecule has 134 valence electrons. The summed E-state index contributed by atoms with van der Waals surface area (Å²) in [5.74, 6) is 0.297. The van der Waals surface area contributed by atoms with Gasteiger partial charge < -0.3 is 20.7 Å². The molecular weight excluding hydrogens is 337 g/mol. The number of ether oxygens (including phenoxy) is 1. The highest BCUT2D eigenvalue weighted by molar-refractivity contribution is 6.29. The molecule has 1 aromatic rings. The second-order valence-corrected chi connectivity index (χ2v) is 7.33. The number of carbonyl (C=O) groups is 1. The van der Waals surface area contributed by atoms with Crippen molar-refractivity contribution in [1.82, 2.24) is 15.1 Å². The fraction of sp³-hybridized carbons (Fsp3) is 0.667. The number of nitrogens with two attached hydrogens (primary N) is 1. The fourth-order valence-corrected chi connectivity index (χ4v) is 2.51. The lowest BCUT2D eigenvalue weighted by Crippen LogP contribution is -2.48. The van der Waals surface area contributed by atoms with Gasteiger partial charge in [0.1, 0.15) is 11.3 Å². The van der Waals surface area contributed by atoms with Gasteiger partial charge in [-0.1, -0.05) is 11.6 Å². The van der Waals surface area contributed by atoms with Crippen LogP contribution in [-0.2, 0) is 4.74 Å². The molecule has 7 nitrogen and oxygen atoms in total. The van der Waals surface area contributed by atoms with Gasteiger partial charge in [-0.2, -0.15) is 0 Å². The molecule has 1 amide bonds. The van der Waals surface area contributed by atoms with E-state index in [0.717, 1.165) is 0 Å². The highest BCUT2D eigenvalue weighted by Crippen LogP contribution is 2.28. The maximum atomic E-state index is 14.9. The topological polar surface area (TPSA) is 93.4 Å². The maximum Gasteiger partial charge on any atom is 0.410 e. The number of anilines is 2. The van der Waals surface area contributed by atoms with E-state index in [4.69, 9.17) is 22.1 Å². The number of likely N-dealkylation sites (tertiary alicyclic amines) is 1. The minimum absolute atomic E-state index is 0.0374. The number of hydrogen-bond donors (Lipinski definition) is 2. The van der Waals surface area contributed by atoms with Crippen molar-refractivity contribution in [3.63, 3.8) is 0 Å². The molecular formula is C15H23ClFN5O2. The van der Waals surface area contributed by atoms with Gasteiger partial charge in [-0.05, 0) is 20.8 Å². The molecule has 0 aromatic carbocycles. The number of nitrogens with zero attached hydrogens (tertiary/aromatic N) is 3. The minimum Gasteiger partial charge on any atom is -0.444 e. The predicted octanol–water partition coefficient (Wildman–Crippen LogP) is 2.86. The Morgan fingerprint density at radius 3 is 2.62 bits per heavy atom. The molecule has 0 radical (unpaired) electrons. The number of piperidine rings is 1. The quantitative estimate of drug-likeness (QED) is 0.861. The number of alkyl halides is 1. The average Bonchev–Trinajstić information content (AvgIpc) is 2.45. The summed E-state index contributed by atoms with van der Waals surface area (Å²) in [5.41, 5.74) is 4.06. The monoisotopic (exact) mass is 359 g/mol. The highest BCUT2D eigenvalue weighted by atomic mass is 35.5. The van der Waals surface area contributed by atoms with Crippen LogP contribution >= 0.6 is 11.6 Å². The van der Waals surface area contributed by atoms with E-state index in [0.29, 0.717) is 24.6 Å². The Kier molecular flexibility index (Phi) is 5.37. The molecule has 2 rings (SSSR count). The zero-order valence-corrected chi connectivity index (χ0v) is 14.9. The van der Waals surface area contributed by atoms with Crippen molar-refractivity contribution in [2.24, 2.45) is 0 Å². The average molecular weight is 360 g/mol. The lowest BCUT2D eigenvalue weighted by atomic mass is 9.93. The van der Waals surface area contributed by atoms with Crippen LogP contribution in [0.1, 0.15) is 33.6 Å². The Morgan fingerprint density at radius 2 is 2.08 bits per heavy atom. The third kappa shape index (κ3) is 5.09. The normalized spacial score (nSPS) is 17.5. The summed E-state index contributed by atoms with van der Waals surface area (Å²) in [5, 5.41) is 10.5. The Bertz CT molecular complexity index is 600. The summed E-state index contributed by atoms with van der Waals surface area (Å²) < 4.78 is 20.2. The molecule has 0 aliphatic carbocycles. The molecule has 1 aromatic heterocycles. The van der Waals surface area contributed by atoms with E-state index in [1.807, 2.05) is 0 Å². The van der Waals surface area contributed by atoms with Crippen LogP contribution in [-0.4, -0.2) is 52.1 Å². The zero-order valence-electron chi connectivity index (χ0n) is 14.1. The lowest BCUT2D eigenvalue weighted by Gasteiger charge is -2.37. The first-order chi connectivity index (χ1) is 11.1. The van der Waals surface area contributed by atoms with Gasteiger partial charge in [0.25, 0.3) is 0 Å². The molecule has 24 heavy (non-hydrogen) atoms. The molecule has 2 heterocycles. The first-order valence-corrected chi connectivity index (χ1v) is 8.15. The van der Waals surface area contributed by atoms with Crippen LogP contribution in [0.5, 0.6) is 0 Å². The minimum atomic E-state index is -1.45. The largest absolute Gasteiger partial charge is 0.444 e. The van der Waals surface area contributed by atoms with Gasteiger partial charge >= 0.3 is 6.09 Å². The Morgan fingerprint density at radius 1 is 1.46 bits per heavy atom. The number of rotatable bonds is 3. The number of amides is 1. The zero-order chi connectivity index (χ0) is 18.0. The van der Waals surface area contributed by atoms with Crippen molar-refractivity contribution in [1.29, 1.82) is 0 Å². The highest BCUT2D eigenvalue weighted by Gasteiger charge is 2.37. The van der Waals surface area contributed by atoms with Crippen LogP contribution in [0, 0.1) is 0 Å². The third-order valence-electron chi connectivity index (χ3n) is 3.68. The number of nitrogen functional groups attached to an aromatic ring is 1. The second kappa shape index (κ2) is 6.96. The fourth-order valence-electron chi connectivity index (χ4n) is 2.35. The van der Waals surface area contributed by atoms with E-state index >= 15 is 0 Å². The van der Waals surface area contributed by atoms with Crippen molar-refractivity contribution < 1.29 is 13.9 Å². The smallest absolute Gasteiger partial charge is 0.410 e. The molecule has 1 aliphatic heterocycles. The number of hydrogen-bond acceptors (Lipinski definition) is 6. The van der Waals surface area contributed by atoms with E-state index in [1.54, 1.807) is 20.8 Å². The van der Waals surface area contributed by atoms with Crippen LogP contribution in [0.25, 0.3) is 0 Å². The first-order valence-electron chi connectivity index (χ1n) is 7.77. The molecule has 0 atom stereocenters. The molecule has 0 bridgehead atoms. The van der Waals surface area contributed by atoms with Gasteiger partial charge in [0.05, 0.1) is 12.2 Å². The standard InChI is InChI=1S/C15H23ClFN5O2/c1-14(2,3)24-13(23)22-6-4-15(17,5-7-22)9-19-12-10(18)8-11(16)20-21-12/h8H,4-7,9H2,1-3H3,(H2,18,20)(H,19,21). The third-order valence-corrected chi connectivity index (χ3v) is 3.86. The second-order valence-electron chi connectivity index (χ2n) is 6.94. The van der Waals surface area contributed by atoms with Gasteiger partial charge in [-0.3, -0.25) is 0 Å². The molecule has 1 fully saturated rings. The predicted molar refractivity (Wildman–Crippen MR) is 90.8 cm³/mol. The van der Waals surface area contributed by atoms with Crippen molar-refractivity contribution in [2.75, 3.05) is 30.7 Å². The first kappa shape index (κ1) is 18.5. The SMILES string of the molecule is CC(C)(C)OC(=O)N1CCC(F)(CNc2nnc(Cl)cc2N)CC1. The van der Waals surface area contributed by atoms with E-state index in [2.05, 4.69) is 15.5 Å². The summed E-state index contributed by atoms with van der Waals surface area (Å²) in [6.45, 7) is 6.04. The number of halogens is 2. The molecule has 1 saturated heterocycles. The van der Waals surface area contributed by atoms with Crippen LogP contribution in [0.15, 0.2) is 6.07 Å². The van der Waals surface area contributed by atoms with E-state index in [9.17, 15) is 9.18 Å². The van der Waals surface area contributed by atoms with Gasteiger partial charge in [-0.15, -0.1) is 10.2 Å². The lowest BCUT2D eigenvalue weighted by molar-refractivity contribution is 0.00575. The van der Waals surface area contributed by atoms with Gasteiger partial charge in [0, 0.05) is 32.0 Å². The van der Waals surface area contributed by atoms with Crippen molar-refractivity contribution in [3.05, 3.63) is 11.2 Å². The summed E-state index contributed by atoms with van der Waals surface area (Å²) >= 11 is 5.68. The number of nitrogens with one attached hydrogen (secondary N) is 1. The molecule has 0 saturated carbocycles. The molecule has 1 aliphatic rings. The van der Waals surface area contributed by atoms with Crippen molar-refractivity contribution in [2.45, 2.75) is 44.9 Å². The molecule has 0 unspecified atom stereocenters. The Labute approximate surface area is 145 Å². The van der Waals surface area contributed by atoms with Crippen molar-refractivity contribution in [3.8, 4) is 0 Å². The van der Waals surface area contributed by atoms with E-state index in [-0.39, 0.29) is 24.5 Å². The van der Waals surface area contributed by atoms with Gasteiger partial charge in [0.15, 0.2) is 11.0 Å². The van der Waals surface area contributed by atoms with Crippen molar-refractivity contribution >= 4 is 29.2 Å². The van der Waals surface area contributed by atoms with Crippen LogP contribution in [0.4, 0.5) is 20.7 Å². The molecule has 0 spiro atoms. The summed E-state index contributed by atoms with van der Waals surface area (Å²) in [4.78, 5) is 13.5. The Balaban J connectivity index is 1.87. The van der Waals surface area contributed by atoms with Crippen LogP contribution < -0.4 is 11.1 Å². The number of aromatic nitrogens is 2. The van der Waals surface area contributed by atoms with Crippen LogP contribution in [0.2, 0.25) is 5.15 Å². The number of carbonyl (C=O) groups excluding carboxylic acids is 1. The summed E-state index contributed by atoms with van der Waals surface area (Å²) in [6, 6.07) is 1.45. The Hall–Kier alpha value is -1.83. The molecule has 3 N–H and O–H groups in total.